The molecule has 2 aliphatic heterocycles. The Morgan fingerprint density at radius 2 is 1.84 bits per heavy atom. The Balaban J connectivity index is 1.70. The summed E-state index contributed by atoms with van der Waals surface area (Å²) in [7, 11) is 0. The summed E-state index contributed by atoms with van der Waals surface area (Å²) < 4.78 is 16.8. The quantitative estimate of drug-likeness (QED) is 0.207. The normalized spacial score (nSPS) is 19.5. The Bertz CT molecular complexity index is 1180. The van der Waals surface area contributed by atoms with Crippen molar-refractivity contribution in [3.8, 4) is 11.5 Å². The number of carbonyl (C=O) groups excluding carboxylic acids is 2. The van der Waals surface area contributed by atoms with Crippen molar-refractivity contribution in [2.75, 3.05) is 52.6 Å². The first kappa shape index (κ1) is 27.4. The summed E-state index contributed by atoms with van der Waals surface area (Å²) in [5.41, 5.74) is 2.07. The molecule has 2 aliphatic rings. The van der Waals surface area contributed by atoms with Gasteiger partial charge in [-0.25, -0.2) is 0 Å². The number of benzene rings is 2. The van der Waals surface area contributed by atoms with Gasteiger partial charge in [-0.3, -0.25) is 14.5 Å². The topological polar surface area (TPSA) is 88.5 Å². The van der Waals surface area contributed by atoms with Crippen LogP contribution < -0.4 is 9.47 Å². The molecule has 8 nitrogen and oxygen atoms in total. The molecule has 2 saturated heterocycles. The fourth-order valence-electron chi connectivity index (χ4n) is 4.76. The van der Waals surface area contributed by atoms with Crippen molar-refractivity contribution in [2.45, 2.75) is 26.3 Å². The lowest BCUT2D eigenvalue weighted by atomic mass is 9.94. The zero-order chi connectivity index (χ0) is 27.1. The molecule has 2 fully saturated rings. The maximum Gasteiger partial charge on any atom is 0.295 e. The zero-order valence-electron chi connectivity index (χ0n) is 22.2. The van der Waals surface area contributed by atoms with Crippen LogP contribution in [0.3, 0.4) is 0 Å². The summed E-state index contributed by atoms with van der Waals surface area (Å²) in [5.74, 6) is -0.130. The van der Waals surface area contributed by atoms with E-state index < -0.39 is 17.7 Å². The highest BCUT2D eigenvalue weighted by molar-refractivity contribution is 6.46. The van der Waals surface area contributed by atoms with Gasteiger partial charge in [0.25, 0.3) is 11.7 Å². The number of amides is 1. The lowest BCUT2D eigenvalue weighted by Crippen LogP contribution is -2.42. The Morgan fingerprint density at radius 1 is 1.11 bits per heavy atom. The van der Waals surface area contributed by atoms with Crippen molar-refractivity contribution in [1.82, 2.24) is 9.80 Å². The predicted molar refractivity (Wildman–Crippen MR) is 145 cm³/mol. The molecule has 0 aromatic heterocycles. The first-order chi connectivity index (χ1) is 18.4. The van der Waals surface area contributed by atoms with Crippen molar-refractivity contribution >= 4 is 17.4 Å². The van der Waals surface area contributed by atoms with E-state index in [2.05, 4.69) is 11.5 Å². The van der Waals surface area contributed by atoms with Gasteiger partial charge < -0.3 is 24.2 Å². The molecule has 1 unspecified atom stereocenters. The van der Waals surface area contributed by atoms with Crippen LogP contribution in [-0.2, 0) is 14.3 Å². The SMILES string of the molecule is C=CCOc1ccc(C(O)=C2C(=O)C(=O)N(CCN3CCOCC3)C2c2ccc(OCCC)cc2)cc1C. The first-order valence-electron chi connectivity index (χ1n) is 13.1. The van der Waals surface area contributed by atoms with Crippen LogP contribution in [0.2, 0.25) is 0 Å². The lowest BCUT2D eigenvalue weighted by molar-refractivity contribution is -0.140. The molecule has 8 heteroatoms. The molecule has 4 rings (SSSR count). The predicted octanol–water partition coefficient (Wildman–Crippen LogP) is 4.10. The van der Waals surface area contributed by atoms with E-state index in [-0.39, 0.29) is 11.3 Å². The van der Waals surface area contributed by atoms with Crippen LogP contribution in [0.4, 0.5) is 0 Å². The fourth-order valence-corrected chi connectivity index (χ4v) is 4.76. The largest absolute Gasteiger partial charge is 0.507 e. The molecule has 0 saturated carbocycles. The van der Waals surface area contributed by atoms with Crippen LogP contribution in [0, 0.1) is 6.92 Å². The minimum Gasteiger partial charge on any atom is -0.507 e. The Labute approximate surface area is 224 Å². The number of aliphatic hydroxyl groups excluding tert-OH is 1. The second-order valence-electron chi connectivity index (χ2n) is 9.44. The molecule has 0 aliphatic carbocycles. The summed E-state index contributed by atoms with van der Waals surface area (Å²) in [4.78, 5) is 30.4. The van der Waals surface area contributed by atoms with E-state index >= 15 is 0 Å². The smallest absolute Gasteiger partial charge is 0.295 e. The van der Waals surface area contributed by atoms with Crippen LogP contribution in [0.25, 0.3) is 5.76 Å². The zero-order valence-corrected chi connectivity index (χ0v) is 22.2. The highest BCUT2D eigenvalue weighted by atomic mass is 16.5. The number of Topliss-reactive ketones (excluding diaryl/α,β-unsaturated/α-hetero) is 1. The van der Waals surface area contributed by atoms with Crippen LogP contribution in [-0.4, -0.2) is 79.2 Å². The number of likely N-dealkylation sites (tertiary alicyclic amines) is 1. The van der Waals surface area contributed by atoms with E-state index in [4.69, 9.17) is 14.2 Å². The van der Waals surface area contributed by atoms with Crippen LogP contribution in [0.1, 0.15) is 36.1 Å². The van der Waals surface area contributed by atoms with E-state index in [1.807, 2.05) is 38.1 Å². The highest BCUT2D eigenvalue weighted by Gasteiger charge is 2.46. The Kier molecular flexibility index (Phi) is 9.20. The number of aryl methyl sites for hydroxylation is 1. The molecule has 1 amide bonds. The van der Waals surface area contributed by atoms with E-state index in [0.717, 1.165) is 30.6 Å². The number of ketones is 1. The maximum atomic E-state index is 13.4. The number of hydrogen-bond acceptors (Lipinski definition) is 7. The Morgan fingerprint density at radius 3 is 2.50 bits per heavy atom. The average molecular weight is 521 g/mol. The lowest BCUT2D eigenvalue weighted by Gasteiger charge is -2.31. The number of morpholine rings is 1. The third kappa shape index (κ3) is 6.09. The van der Waals surface area contributed by atoms with Gasteiger partial charge in [0, 0.05) is 31.7 Å². The number of carbonyl (C=O) groups is 2. The molecular formula is C30H36N2O6. The second-order valence-corrected chi connectivity index (χ2v) is 9.44. The van der Waals surface area contributed by atoms with Gasteiger partial charge in [-0.05, 0) is 54.8 Å². The van der Waals surface area contributed by atoms with Gasteiger partial charge in [-0.1, -0.05) is 31.7 Å². The molecule has 0 radical (unpaired) electrons. The van der Waals surface area contributed by atoms with E-state index in [9.17, 15) is 14.7 Å². The molecular weight excluding hydrogens is 484 g/mol. The van der Waals surface area contributed by atoms with Crippen LogP contribution >= 0.6 is 0 Å². The van der Waals surface area contributed by atoms with Crippen molar-refractivity contribution in [3.05, 3.63) is 77.4 Å². The van der Waals surface area contributed by atoms with Crippen molar-refractivity contribution in [2.24, 2.45) is 0 Å². The molecule has 202 valence electrons. The number of aliphatic hydroxyl groups is 1. The van der Waals surface area contributed by atoms with Crippen molar-refractivity contribution in [3.63, 3.8) is 0 Å². The number of nitrogens with zero attached hydrogens (tertiary/aromatic N) is 2. The van der Waals surface area contributed by atoms with Gasteiger partial charge in [0.2, 0.25) is 0 Å². The Hall–Kier alpha value is -3.62. The second kappa shape index (κ2) is 12.8. The molecule has 0 bridgehead atoms. The number of hydrogen-bond donors (Lipinski definition) is 1. The molecule has 38 heavy (non-hydrogen) atoms. The fraction of sp³-hybridized carbons (Fsp3) is 0.400. The van der Waals surface area contributed by atoms with Crippen molar-refractivity contribution < 1.29 is 28.9 Å². The van der Waals surface area contributed by atoms with Crippen LogP contribution in [0.5, 0.6) is 11.5 Å². The molecule has 2 heterocycles. The first-order valence-corrected chi connectivity index (χ1v) is 13.1. The van der Waals surface area contributed by atoms with Gasteiger partial charge in [0.1, 0.15) is 23.9 Å². The average Bonchev–Trinajstić information content (AvgIpc) is 3.19. The monoisotopic (exact) mass is 520 g/mol. The van der Waals surface area contributed by atoms with E-state index in [0.29, 0.717) is 56.6 Å². The van der Waals surface area contributed by atoms with Crippen LogP contribution in [0.15, 0.2) is 60.7 Å². The molecule has 0 spiro atoms. The van der Waals surface area contributed by atoms with Gasteiger partial charge in [0.05, 0.1) is 31.4 Å². The van der Waals surface area contributed by atoms with E-state index in [1.165, 1.54) is 0 Å². The summed E-state index contributed by atoms with van der Waals surface area (Å²) in [6, 6.07) is 11.9. The molecule has 1 N–H and O–H groups in total. The summed E-state index contributed by atoms with van der Waals surface area (Å²) in [6.07, 6.45) is 2.55. The van der Waals surface area contributed by atoms with Gasteiger partial charge in [-0.2, -0.15) is 0 Å². The summed E-state index contributed by atoms with van der Waals surface area (Å²) in [5, 5.41) is 11.4. The number of ether oxygens (including phenoxy) is 3. The molecule has 2 aromatic rings. The third-order valence-corrected chi connectivity index (χ3v) is 6.77. The highest BCUT2D eigenvalue weighted by Crippen LogP contribution is 2.40. The molecule has 1 atom stereocenters. The van der Waals surface area contributed by atoms with Gasteiger partial charge >= 0.3 is 0 Å². The number of rotatable bonds is 11. The van der Waals surface area contributed by atoms with Crippen molar-refractivity contribution in [1.29, 1.82) is 0 Å². The minimum atomic E-state index is -0.715. The maximum absolute atomic E-state index is 13.4. The summed E-state index contributed by atoms with van der Waals surface area (Å²) in [6.45, 7) is 12.3. The summed E-state index contributed by atoms with van der Waals surface area (Å²) >= 11 is 0. The standard InChI is InChI=1S/C30H36N2O6/c1-4-16-37-24-9-6-22(7-10-24)27-26(28(33)23-8-11-25(21(3)20-23)38-17-5-2)29(34)30(35)32(27)13-12-31-14-18-36-19-15-31/h5-11,20,27,33H,2,4,12-19H2,1,3H3. The van der Waals surface area contributed by atoms with Gasteiger partial charge in [-0.15, -0.1) is 0 Å². The minimum absolute atomic E-state index is 0.0818. The van der Waals surface area contributed by atoms with Gasteiger partial charge in [0.15, 0.2) is 0 Å². The van der Waals surface area contributed by atoms with E-state index in [1.54, 1.807) is 29.2 Å². The molecule has 2 aromatic carbocycles. The third-order valence-electron chi connectivity index (χ3n) is 6.77.